The van der Waals surface area contributed by atoms with Crippen LogP contribution >= 0.6 is 0 Å². The van der Waals surface area contributed by atoms with Crippen molar-refractivity contribution < 1.29 is 45.0 Å². The van der Waals surface area contributed by atoms with Gasteiger partial charge < -0.3 is 30.6 Å². The van der Waals surface area contributed by atoms with Gasteiger partial charge in [0.05, 0.1) is 18.1 Å². The third kappa shape index (κ3) is 3.78. The highest BCUT2D eigenvalue weighted by molar-refractivity contribution is 6.38. The van der Waals surface area contributed by atoms with E-state index in [1.807, 2.05) is 0 Å². The molecule has 1 aliphatic rings. The van der Waals surface area contributed by atoms with Crippen LogP contribution in [0.2, 0.25) is 0 Å². The number of carboxylic acids is 1. The maximum Gasteiger partial charge on any atom is 0.335 e. The number of hydrogen-bond acceptors (Lipinski definition) is 8. The molecular formula is C16H18O9. The van der Waals surface area contributed by atoms with Gasteiger partial charge in [0, 0.05) is 12.8 Å². The molecule has 0 amide bonds. The Balaban J connectivity index is 2.17. The van der Waals surface area contributed by atoms with Crippen LogP contribution in [0, 0.1) is 5.92 Å². The van der Waals surface area contributed by atoms with Crippen molar-refractivity contribution in [1.82, 2.24) is 0 Å². The van der Waals surface area contributed by atoms with E-state index in [1.165, 1.54) is 6.07 Å². The molecular weight excluding hydrogens is 336 g/mol. The molecule has 1 aromatic rings. The van der Waals surface area contributed by atoms with E-state index in [2.05, 4.69) is 0 Å². The smallest absolute Gasteiger partial charge is 0.335 e. The van der Waals surface area contributed by atoms with Crippen molar-refractivity contribution in [3.8, 4) is 11.5 Å². The van der Waals surface area contributed by atoms with E-state index >= 15 is 0 Å². The minimum atomic E-state index is -2.42. The number of aromatic hydroxyl groups is 2. The highest BCUT2D eigenvalue weighted by Gasteiger charge is 2.51. The SMILES string of the molecule is O=C(Cc1ccc(O)c(O)c1)C(=O)C1C[C@](O)(C(=O)O)C[C@H](O)C1O. The molecule has 0 radical (unpaired) electrons. The average Bonchev–Trinajstić information content (AvgIpc) is 2.53. The molecule has 1 aliphatic carbocycles. The molecule has 0 saturated heterocycles. The number of carbonyl (C=O) groups is 3. The van der Waals surface area contributed by atoms with Crippen LogP contribution in [0.5, 0.6) is 11.5 Å². The summed E-state index contributed by atoms with van der Waals surface area (Å²) in [5, 5.41) is 57.3. The van der Waals surface area contributed by atoms with Crippen molar-refractivity contribution >= 4 is 17.5 Å². The van der Waals surface area contributed by atoms with Crippen LogP contribution in [-0.2, 0) is 20.8 Å². The minimum absolute atomic E-state index is 0.216. The summed E-state index contributed by atoms with van der Waals surface area (Å²) in [5.41, 5.74) is -2.20. The third-order valence-electron chi connectivity index (χ3n) is 4.33. The van der Waals surface area contributed by atoms with Crippen LogP contribution in [0.3, 0.4) is 0 Å². The Morgan fingerprint density at radius 2 is 1.72 bits per heavy atom. The summed E-state index contributed by atoms with van der Waals surface area (Å²) in [6, 6.07) is 3.52. The van der Waals surface area contributed by atoms with Gasteiger partial charge in [0.1, 0.15) is 0 Å². The first-order chi connectivity index (χ1) is 11.5. The van der Waals surface area contributed by atoms with E-state index in [-0.39, 0.29) is 5.56 Å². The Kier molecular flexibility index (Phi) is 5.12. The highest BCUT2D eigenvalue weighted by atomic mass is 16.4. The molecule has 0 aromatic heterocycles. The molecule has 9 nitrogen and oxygen atoms in total. The van der Waals surface area contributed by atoms with Crippen molar-refractivity contribution in [2.45, 2.75) is 37.1 Å². The number of carbonyl (C=O) groups excluding carboxylic acids is 2. The minimum Gasteiger partial charge on any atom is -0.504 e. The number of phenols is 2. The van der Waals surface area contributed by atoms with Gasteiger partial charge in [0.15, 0.2) is 17.1 Å². The van der Waals surface area contributed by atoms with Crippen LogP contribution in [0.25, 0.3) is 0 Å². The molecule has 2 unspecified atom stereocenters. The fourth-order valence-electron chi connectivity index (χ4n) is 2.88. The average molecular weight is 354 g/mol. The zero-order chi connectivity index (χ0) is 18.9. The number of aliphatic hydroxyl groups excluding tert-OH is 2. The molecule has 0 spiro atoms. The topological polar surface area (TPSA) is 173 Å². The van der Waals surface area contributed by atoms with Gasteiger partial charge in [-0.2, -0.15) is 0 Å². The van der Waals surface area contributed by atoms with Crippen molar-refractivity contribution in [2.24, 2.45) is 5.92 Å². The molecule has 0 aliphatic heterocycles. The first-order valence-corrected chi connectivity index (χ1v) is 7.45. The number of hydrogen-bond donors (Lipinski definition) is 6. The van der Waals surface area contributed by atoms with Gasteiger partial charge >= 0.3 is 5.97 Å². The van der Waals surface area contributed by atoms with Crippen LogP contribution in [0.4, 0.5) is 0 Å². The van der Waals surface area contributed by atoms with E-state index in [1.54, 1.807) is 0 Å². The van der Waals surface area contributed by atoms with Gasteiger partial charge in [-0.1, -0.05) is 6.07 Å². The van der Waals surface area contributed by atoms with Crippen molar-refractivity contribution in [2.75, 3.05) is 0 Å². The molecule has 25 heavy (non-hydrogen) atoms. The van der Waals surface area contributed by atoms with E-state index in [0.717, 1.165) is 12.1 Å². The second kappa shape index (κ2) is 6.79. The van der Waals surface area contributed by atoms with Crippen LogP contribution in [-0.4, -0.2) is 66.0 Å². The molecule has 136 valence electrons. The van der Waals surface area contributed by atoms with E-state index in [0.29, 0.717) is 0 Å². The lowest BCUT2D eigenvalue weighted by molar-refractivity contribution is -0.181. The van der Waals surface area contributed by atoms with Crippen LogP contribution in [0.15, 0.2) is 18.2 Å². The maximum atomic E-state index is 12.3. The highest BCUT2D eigenvalue weighted by Crippen LogP contribution is 2.34. The van der Waals surface area contributed by atoms with E-state index in [4.69, 9.17) is 5.11 Å². The standard InChI is InChI=1S/C16H18O9/c17-9-2-1-7(3-10(9)18)4-11(19)13(21)8-5-16(25,15(23)24)6-12(20)14(8)22/h1-3,8,12,14,17-18,20,22,25H,4-6H2,(H,23,24)/t8?,12-,14?,16+/m0/s1. The number of Topliss-reactive ketones (excluding diaryl/α,β-unsaturated/α-hetero) is 2. The molecule has 0 heterocycles. The molecule has 0 bridgehead atoms. The fraction of sp³-hybridized carbons (Fsp3) is 0.438. The Morgan fingerprint density at radius 3 is 2.28 bits per heavy atom. The molecule has 1 saturated carbocycles. The Hall–Kier alpha value is -2.49. The first-order valence-electron chi connectivity index (χ1n) is 7.45. The number of aliphatic carboxylic acids is 1. The monoisotopic (exact) mass is 354 g/mol. The molecule has 4 atom stereocenters. The number of phenolic OH excluding ortho intramolecular Hbond substituents is 2. The Morgan fingerprint density at radius 1 is 1.08 bits per heavy atom. The van der Waals surface area contributed by atoms with Gasteiger partial charge in [-0.05, 0) is 24.1 Å². The lowest BCUT2D eigenvalue weighted by Crippen LogP contribution is -2.56. The third-order valence-corrected chi connectivity index (χ3v) is 4.33. The van der Waals surface area contributed by atoms with Gasteiger partial charge in [-0.3, -0.25) is 9.59 Å². The lowest BCUT2D eigenvalue weighted by atomic mass is 9.72. The molecule has 1 fully saturated rings. The number of carboxylic acid groups (broad SMARTS) is 1. The summed E-state index contributed by atoms with van der Waals surface area (Å²) >= 11 is 0. The predicted molar refractivity (Wildman–Crippen MR) is 80.8 cm³/mol. The van der Waals surface area contributed by atoms with Crippen molar-refractivity contribution in [3.05, 3.63) is 23.8 Å². The fourth-order valence-corrected chi connectivity index (χ4v) is 2.88. The van der Waals surface area contributed by atoms with E-state index in [9.17, 15) is 39.9 Å². The lowest BCUT2D eigenvalue weighted by Gasteiger charge is -2.38. The van der Waals surface area contributed by atoms with Crippen LogP contribution in [0.1, 0.15) is 18.4 Å². The molecule has 2 rings (SSSR count). The molecule has 9 heteroatoms. The van der Waals surface area contributed by atoms with Crippen molar-refractivity contribution in [3.63, 3.8) is 0 Å². The first kappa shape index (κ1) is 18.8. The Labute approximate surface area is 141 Å². The number of benzene rings is 1. The molecule has 1 aromatic carbocycles. The zero-order valence-electron chi connectivity index (χ0n) is 13.0. The zero-order valence-corrected chi connectivity index (χ0v) is 13.0. The second-order valence-corrected chi connectivity index (χ2v) is 6.20. The van der Waals surface area contributed by atoms with Gasteiger partial charge in [-0.15, -0.1) is 0 Å². The van der Waals surface area contributed by atoms with Gasteiger partial charge in [0.25, 0.3) is 0 Å². The summed E-state index contributed by atoms with van der Waals surface area (Å²) in [4.78, 5) is 35.5. The normalized spacial score (nSPS) is 29.2. The number of aliphatic hydroxyl groups is 3. The summed E-state index contributed by atoms with van der Waals surface area (Å²) in [7, 11) is 0. The largest absolute Gasteiger partial charge is 0.504 e. The number of rotatable bonds is 5. The van der Waals surface area contributed by atoms with Gasteiger partial charge in [-0.25, -0.2) is 4.79 Å². The second-order valence-electron chi connectivity index (χ2n) is 6.20. The molecule has 6 N–H and O–H groups in total. The van der Waals surface area contributed by atoms with Crippen molar-refractivity contribution in [1.29, 1.82) is 0 Å². The summed E-state index contributed by atoms with van der Waals surface area (Å²) < 4.78 is 0. The maximum absolute atomic E-state index is 12.3. The Bertz CT molecular complexity index is 714. The van der Waals surface area contributed by atoms with Crippen LogP contribution < -0.4 is 0 Å². The number of ketones is 2. The predicted octanol–water partition coefficient (Wildman–Crippen LogP) is -1.27. The summed E-state index contributed by atoms with van der Waals surface area (Å²) in [6.45, 7) is 0. The quantitative estimate of drug-likeness (QED) is 0.278. The summed E-state index contributed by atoms with van der Waals surface area (Å²) in [6.07, 6.45) is -5.17. The van der Waals surface area contributed by atoms with Gasteiger partial charge in [0.2, 0.25) is 11.6 Å². The summed E-state index contributed by atoms with van der Waals surface area (Å²) in [5.74, 6) is -6.23. The van der Waals surface area contributed by atoms with E-state index < -0.39 is 72.0 Å².